The van der Waals surface area contributed by atoms with E-state index in [4.69, 9.17) is 0 Å². The normalized spacial score (nSPS) is 15.7. The Morgan fingerprint density at radius 2 is 1.97 bits per heavy atom. The summed E-state index contributed by atoms with van der Waals surface area (Å²) in [5, 5.41) is 0. The van der Waals surface area contributed by atoms with Crippen molar-refractivity contribution in [2.24, 2.45) is 7.05 Å². The molecule has 0 spiro atoms. The molecule has 3 aromatic rings. The van der Waals surface area contributed by atoms with Gasteiger partial charge in [0.25, 0.3) is 10.0 Å². The van der Waals surface area contributed by atoms with E-state index in [0.717, 1.165) is 44.4 Å². The van der Waals surface area contributed by atoms with E-state index in [0.29, 0.717) is 0 Å². The van der Waals surface area contributed by atoms with Gasteiger partial charge in [-0.15, -0.1) is 0 Å². The number of nitrogens with zero attached hydrogens (tertiary/aromatic N) is 5. The highest BCUT2D eigenvalue weighted by molar-refractivity contribution is 7.89. The summed E-state index contributed by atoms with van der Waals surface area (Å²) >= 11 is 0. The zero-order valence-electron chi connectivity index (χ0n) is 17.0. The maximum atomic E-state index is 12.7. The zero-order chi connectivity index (χ0) is 21.6. The Morgan fingerprint density at radius 1 is 1.23 bits per heavy atom. The number of halogens is 2. The second-order valence-corrected chi connectivity index (χ2v) is 9.41. The number of aromatic nitrogens is 3. The van der Waals surface area contributed by atoms with Gasteiger partial charge in [0.2, 0.25) is 0 Å². The number of anilines is 2. The van der Waals surface area contributed by atoms with Gasteiger partial charge in [-0.1, -0.05) is 19.1 Å². The minimum atomic E-state index is -4.49. The van der Waals surface area contributed by atoms with E-state index in [1.807, 2.05) is 54.8 Å². The summed E-state index contributed by atoms with van der Waals surface area (Å²) in [7, 11) is -0.619. The Morgan fingerprint density at radius 3 is 2.63 bits per heavy atom. The van der Waals surface area contributed by atoms with Crippen molar-refractivity contribution in [2.75, 3.05) is 25.0 Å². The lowest BCUT2D eigenvalue weighted by Crippen LogP contribution is -2.50. The van der Waals surface area contributed by atoms with Crippen molar-refractivity contribution in [2.45, 2.75) is 25.0 Å². The summed E-state index contributed by atoms with van der Waals surface area (Å²) in [6, 6.07) is 7.93. The average Bonchev–Trinajstić information content (AvgIpc) is 3.06. The number of aryl methyl sites for hydroxylation is 2. The standard InChI is InChI=1S/C20H23F2N5O2S/c1-4-13-7-14(15-10-27(11-15)30(28,29)20(21)22)5-6-17(13)26(3)19-8-18-16(9-23-19)24-12-25(18)2/h5-9,12,15,20H,4,10-11H2,1-3H3. The third-order valence-corrected chi connectivity index (χ3v) is 7.16. The van der Waals surface area contributed by atoms with Crippen molar-refractivity contribution in [3.05, 3.63) is 47.9 Å². The molecule has 1 aliphatic heterocycles. The molecule has 4 rings (SSSR count). The number of hydrogen-bond acceptors (Lipinski definition) is 5. The van der Waals surface area contributed by atoms with Crippen LogP contribution in [0.4, 0.5) is 20.3 Å². The molecule has 0 saturated carbocycles. The molecule has 0 radical (unpaired) electrons. The van der Waals surface area contributed by atoms with Gasteiger partial charge in [0.1, 0.15) is 11.3 Å². The third-order valence-electron chi connectivity index (χ3n) is 5.69. The van der Waals surface area contributed by atoms with Crippen LogP contribution in [0.1, 0.15) is 24.0 Å². The highest BCUT2D eigenvalue weighted by Crippen LogP contribution is 2.35. The summed E-state index contributed by atoms with van der Waals surface area (Å²) < 4.78 is 51.3. The molecule has 0 unspecified atom stereocenters. The molecule has 2 aromatic heterocycles. The minimum absolute atomic E-state index is 0.0768. The molecule has 1 aromatic carbocycles. The molecule has 10 heteroatoms. The largest absolute Gasteiger partial charge is 0.350 e. The fourth-order valence-electron chi connectivity index (χ4n) is 3.77. The first-order valence-electron chi connectivity index (χ1n) is 9.63. The molecule has 0 aliphatic carbocycles. The average molecular weight is 436 g/mol. The van der Waals surface area contributed by atoms with Crippen LogP contribution in [-0.2, 0) is 23.5 Å². The molecule has 0 amide bonds. The van der Waals surface area contributed by atoms with Crippen LogP contribution in [0.25, 0.3) is 11.0 Å². The Hall–Kier alpha value is -2.59. The molecule has 7 nitrogen and oxygen atoms in total. The van der Waals surface area contributed by atoms with Gasteiger partial charge in [-0.05, 0) is 23.6 Å². The number of rotatable bonds is 6. The summed E-state index contributed by atoms with van der Waals surface area (Å²) in [6.45, 7) is 2.22. The van der Waals surface area contributed by atoms with Crippen LogP contribution in [-0.4, -0.2) is 53.2 Å². The van der Waals surface area contributed by atoms with Crippen molar-refractivity contribution in [1.82, 2.24) is 18.8 Å². The van der Waals surface area contributed by atoms with Gasteiger partial charge in [0, 0.05) is 44.9 Å². The van der Waals surface area contributed by atoms with Gasteiger partial charge in [-0.25, -0.2) is 18.4 Å². The van der Waals surface area contributed by atoms with Crippen LogP contribution < -0.4 is 4.90 Å². The van der Waals surface area contributed by atoms with E-state index >= 15 is 0 Å². The van der Waals surface area contributed by atoms with E-state index in [9.17, 15) is 17.2 Å². The topological polar surface area (TPSA) is 71.3 Å². The lowest BCUT2D eigenvalue weighted by molar-refractivity contribution is 0.193. The van der Waals surface area contributed by atoms with Crippen LogP contribution in [0, 0.1) is 0 Å². The summed E-state index contributed by atoms with van der Waals surface area (Å²) in [5.74, 6) is -2.66. The molecule has 0 atom stereocenters. The zero-order valence-corrected chi connectivity index (χ0v) is 17.8. The fraction of sp³-hybridized carbons (Fsp3) is 0.400. The molecular formula is C20H23F2N5O2S. The Kier molecular flexibility index (Phi) is 5.23. The van der Waals surface area contributed by atoms with Gasteiger partial charge in [-0.2, -0.15) is 13.1 Å². The number of benzene rings is 1. The molecule has 1 aliphatic rings. The molecule has 160 valence electrons. The van der Waals surface area contributed by atoms with Crippen molar-refractivity contribution in [1.29, 1.82) is 0 Å². The molecule has 1 fully saturated rings. The second kappa shape index (κ2) is 7.59. The van der Waals surface area contributed by atoms with Crippen molar-refractivity contribution >= 4 is 32.6 Å². The van der Waals surface area contributed by atoms with Crippen LogP contribution >= 0.6 is 0 Å². The fourth-order valence-corrected chi connectivity index (χ4v) is 4.77. The van der Waals surface area contributed by atoms with E-state index in [-0.39, 0.29) is 19.0 Å². The summed E-state index contributed by atoms with van der Waals surface area (Å²) in [6.07, 6.45) is 4.26. The minimum Gasteiger partial charge on any atom is -0.334 e. The smallest absolute Gasteiger partial charge is 0.334 e. The van der Waals surface area contributed by atoms with Crippen molar-refractivity contribution in [3.8, 4) is 0 Å². The highest BCUT2D eigenvalue weighted by atomic mass is 32.2. The first-order valence-corrected chi connectivity index (χ1v) is 11.1. The number of hydrogen-bond donors (Lipinski definition) is 0. The highest BCUT2D eigenvalue weighted by Gasteiger charge is 2.41. The van der Waals surface area contributed by atoms with Gasteiger partial charge in [-0.3, -0.25) is 0 Å². The molecule has 30 heavy (non-hydrogen) atoms. The third kappa shape index (κ3) is 3.43. The second-order valence-electron chi connectivity index (χ2n) is 7.51. The maximum absolute atomic E-state index is 12.7. The quantitative estimate of drug-likeness (QED) is 0.594. The molecule has 1 saturated heterocycles. The summed E-state index contributed by atoms with van der Waals surface area (Å²) in [4.78, 5) is 10.8. The van der Waals surface area contributed by atoms with Gasteiger partial charge < -0.3 is 9.47 Å². The van der Waals surface area contributed by atoms with Gasteiger partial charge >= 0.3 is 5.76 Å². The number of fused-ring (bicyclic) bond motifs is 1. The van der Waals surface area contributed by atoms with Crippen LogP contribution in [0.5, 0.6) is 0 Å². The first kappa shape index (κ1) is 20.7. The lowest BCUT2D eigenvalue weighted by atomic mass is 9.91. The number of imidazole rings is 1. The van der Waals surface area contributed by atoms with E-state index in [1.165, 1.54) is 0 Å². The van der Waals surface area contributed by atoms with Gasteiger partial charge in [0.15, 0.2) is 0 Å². The first-order chi connectivity index (χ1) is 14.2. The number of sulfonamides is 1. The van der Waals surface area contributed by atoms with Crippen molar-refractivity contribution < 1.29 is 17.2 Å². The Bertz CT molecular complexity index is 1190. The van der Waals surface area contributed by atoms with E-state index in [2.05, 4.69) is 9.97 Å². The van der Waals surface area contributed by atoms with Gasteiger partial charge in [0.05, 0.1) is 18.0 Å². The molecule has 3 heterocycles. The van der Waals surface area contributed by atoms with Crippen molar-refractivity contribution in [3.63, 3.8) is 0 Å². The Labute approximate surface area is 174 Å². The van der Waals surface area contributed by atoms with E-state index < -0.39 is 15.8 Å². The monoisotopic (exact) mass is 435 g/mol. The van der Waals surface area contributed by atoms with Crippen LogP contribution in [0.2, 0.25) is 0 Å². The predicted molar refractivity (Wildman–Crippen MR) is 112 cm³/mol. The SMILES string of the molecule is CCc1cc(C2CN(S(=O)(=O)C(F)F)C2)ccc1N(C)c1cc2c(cn1)ncn2C. The lowest BCUT2D eigenvalue weighted by Gasteiger charge is -2.38. The van der Waals surface area contributed by atoms with Crippen LogP contribution in [0.3, 0.4) is 0 Å². The predicted octanol–water partition coefficient (Wildman–Crippen LogP) is 3.25. The van der Waals surface area contributed by atoms with E-state index in [1.54, 1.807) is 12.5 Å². The molecule has 0 N–H and O–H groups in total. The van der Waals surface area contributed by atoms with Crippen LogP contribution in [0.15, 0.2) is 36.8 Å². The maximum Gasteiger partial charge on any atom is 0.350 e. The molecule has 0 bridgehead atoms. The number of alkyl halides is 2. The Balaban J connectivity index is 1.57. The summed E-state index contributed by atoms with van der Waals surface area (Å²) in [5.41, 5.74) is 4.84. The molecular weight excluding hydrogens is 412 g/mol. The number of pyridine rings is 1.